The summed E-state index contributed by atoms with van der Waals surface area (Å²) < 4.78 is 11.3. The Morgan fingerprint density at radius 1 is 1.00 bits per heavy atom. The Morgan fingerprint density at radius 2 is 1.71 bits per heavy atom. The van der Waals surface area contributed by atoms with Crippen LogP contribution >= 0.6 is 0 Å². The molecule has 1 heterocycles. The zero-order valence-corrected chi connectivity index (χ0v) is 17.1. The maximum absolute atomic E-state index is 5.69. The van der Waals surface area contributed by atoms with Crippen molar-refractivity contribution in [1.82, 2.24) is 10.4 Å². The quantitative estimate of drug-likeness (QED) is 0.717. The maximum Gasteiger partial charge on any atom is 0.242 e. The van der Waals surface area contributed by atoms with Gasteiger partial charge in [-0.2, -0.15) is 0 Å². The normalized spacial score (nSPS) is 16.0. The second-order valence-corrected chi connectivity index (χ2v) is 6.88. The van der Waals surface area contributed by atoms with Crippen molar-refractivity contribution in [3.05, 3.63) is 59.2 Å². The lowest BCUT2D eigenvalue weighted by atomic mass is 10.1. The predicted molar refractivity (Wildman–Crippen MR) is 111 cm³/mol. The third-order valence-electron chi connectivity index (χ3n) is 4.45. The van der Waals surface area contributed by atoms with Gasteiger partial charge in [0.2, 0.25) is 5.90 Å². The van der Waals surface area contributed by atoms with Crippen molar-refractivity contribution in [2.24, 2.45) is 4.99 Å². The Morgan fingerprint density at radius 3 is 2.39 bits per heavy atom. The van der Waals surface area contributed by atoms with E-state index in [4.69, 9.17) is 14.3 Å². The largest absolute Gasteiger partial charge is 0.490 e. The zero-order chi connectivity index (χ0) is 19.9. The van der Waals surface area contributed by atoms with Gasteiger partial charge in [0.1, 0.15) is 0 Å². The third-order valence-corrected chi connectivity index (χ3v) is 4.45. The number of hydroxylamine groups is 1. The summed E-state index contributed by atoms with van der Waals surface area (Å²) in [7, 11) is 4.17. The van der Waals surface area contributed by atoms with Gasteiger partial charge in [0.25, 0.3) is 0 Å². The highest BCUT2D eigenvalue weighted by molar-refractivity contribution is 5.95. The Kier molecular flexibility index (Phi) is 6.90. The molecule has 0 bridgehead atoms. The van der Waals surface area contributed by atoms with E-state index in [2.05, 4.69) is 53.7 Å². The summed E-state index contributed by atoms with van der Waals surface area (Å²) >= 11 is 0. The molecule has 6 nitrogen and oxygen atoms in total. The van der Waals surface area contributed by atoms with E-state index >= 15 is 0 Å². The molecule has 2 aromatic carbocycles. The van der Waals surface area contributed by atoms with Gasteiger partial charge < -0.3 is 19.2 Å². The minimum atomic E-state index is -0.222. The molecule has 3 rings (SSSR count). The Labute approximate surface area is 167 Å². The number of rotatable bonds is 9. The van der Waals surface area contributed by atoms with Gasteiger partial charge in [-0.05, 0) is 63.7 Å². The van der Waals surface area contributed by atoms with Gasteiger partial charge in [0.15, 0.2) is 17.7 Å². The third kappa shape index (κ3) is 5.03. The molecule has 1 aliphatic heterocycles. The summed E-state index contributed by atoms with van der Waals surface area (Å²) in [5.41, 5.74) is 6.23. The topological polar surface area (TPSA) is 55.3 Å². The molecule has 1 aliphatic rings. The monoisotopic (exact) mass is 383 g/mol. The Bertz CT molecular complexity index is 803. The predicted octanol–water partition coefficient (Wildman–Crippen LogP) is 3.57. The Hall–Kier alpha value is -2.57. The summed E-state index contributed by atoms with van der Waals surface area (Å²) in [6.45, 7) is 6.09. The highest BCUT2D eigenvalue weighted by Crippen LogP contribution is 2.30. The van der Waals surface area contributed by atoms with Crippen LogP contribution in [0.2, 0.25) is 0 Å². The number of benzene rings is 2. The maximum atomic E-state index is 5.69. The molecule has 0 saturated carbocycles. The van der Waals surface area contributed by atoms with Gasteiger partial charge in [-0.25, -0.2) is 4.99 Å². The van der Waals surface area contributed by atoms with Crippen LogP contribution in [0.25, 0.3) is 0 Å². The van der Waals surface area contributed by atoms with Crippen LogP contribution in [0.15, 0.2) is 47.5 Å². The molecule has 1 unspecified atom stereocenters. The minimum absolute atomic E-state index is 0.222. The van der Waals surface area contributed by atoms with E-state index in [-0.39, 0.29) is 6.17 Å². The average molecular weight is 383 g/mol. The molecule has 0 aromatic heterocycles. The van der Waals surface area contributed by atoms with Crippen molar-refractivity contribution >= 4 is 5.90 Å². The van der Waals surface area contributed by atoms with Crippen LogP contribution in [0, 0.1) is 0 Å². The van der Waals surface area contributed by atoms with Gasteiger partial charge >= 0.3 is 0 Å². The lowest BCUT2D eigenvalue weighted by Crippen LogP contribution is -2.16. The lowest BCUT2D eigenvalue weighted by molar-refractivity contribution is 0.180. The van der Waals surface area contributed by atoms with E-state index in [1.165, 1.54) is 5.56 Å². The van der Waals surface area contributed by atoms with Gasteiger partial charge in [0.05, 0.1) is 13.2 Å². The van der Waals surface area contributed by atoms with Gasteiger partial charge in [-0.1, -0.05) is 24.3 Å². The molecular formula is C22H29N3O3. The Balaban J connectivity index is 1.73. The molecule has 1 N–H and O–H groups in total. The molecule has 0 aliphatic carbocycles. The van der Waals surface area contributed by atoms with Crippen molar-refractivity contribution in [3.8, 4) is 11.5 Å². The number of likely N-dealkylation sites (N-methyl/N-ethyl adjacent to an activating group) is 1. The second-order valence-electron chi connectivity index (χ2n) is 6.88. The van der Waals surface area contributed by atoms with Crippen molar-refractivity contribution in [3.63, 3.8) is 0 Å². The van der Waals surface area contributed by atoms with Crippen LogP contribution in [0.3, 0.4) is 0 Å². The number of nitrogens with one attached hydrogen (secondary N) is 1. The number of hydrogen-bond acceptors (Lipinski definition) is 6. The number of nitrogens with zero attached hydrogens (tertiary/aromatic N) is 2. The van der Waals surface area contributed by atoms with E-state index < -0.39 is 0 Å². The summed E-state index contributed by atoms with van der Waals surface area (Å²) in [5, 5.41) is 0. The van der Waals surface area contributed by atoms with Crippen molar-refractivity contribution in [2.45, 2.75) is 26.4 Å². The average Bonchev–Trinajstić information content (AvgIpc) is 3.19. The van der Waals surface area contributed by atoms with Crippen molar-refractivity contribution in [1.29, 1.82) is 0 Å². The minimum Gasteiger partial charge on any atom is -0.490 e. The molecule has 0 spiro atoms. The lowest BCUT2D eigenvalue weighted by Gasteiger charge is -2.12. The van der Waals surface area contributed by atoms with Crippen molar-refractivity contribution < 1.29 is 14.3 Å². The van der Waals surface area contributed by atoms with E-state index in [1.54, 1.807) is 0 Å². The molecule has 0 fully saturated rings. The van der Waals surface area contributed by atoms with Crippen LogP contribution in [0.1, 0.15) is 36.7 Å². The van der Waals surface area contributed by atoms with Crippen LogP contribution < -0.4 is 15.0 Å². The summed E-state index contributed by atoms with van der Waals surface area (Å²) in [5.74, 6) is 1.97. The second kappa shape index (κ2) is 9.57. The van der Waals surface area contributed by atoms with Crippen LogP contribution in [-0.2, 0) is 11.3 Å². The van der Waals surface area contributed by atoms with Crippen LogP contribution in [-0.4, -0.2) is 44.7 Å². The van der Waals surface area contributed by atoms with Crippen LogP contribution in [0.5, 0.6) is 11.5 Å². The first-order valence-corrected chi connectivity index (χ1v) is 9.74. The van der Waals surface area contributed by atoms with E-state index in [0.29, 0.717) is 24.9 Å². The molecule has 28 heavy (non-hydrogen) atoms. The summed E-state index contributed by atoms with van der Waals surface area (Å²) in [6, 6.07) is 14.2. The fourth-order valence-electron chi connectivity index (χ4n) is 2.96. The van der Waals surface area contributed by atoms with E-state index in [0.717, 1.165) is 29.8 Å². The van der Waals surface area contributed by atoms with Gasteiger partial charge in [-0.15, -0.1) is 5.48 Å². The first-order chi connectivity index (χ1) is 13.6. The summed E-state index contributed by atoms with van der Waals surface area (Å²) in [4.78, 5) is 12.5. The smallest absolute Gasteiger partial charge is 0.242 e. The number of ether oxygens (including phenoxy) is 2. The first-order valence-electron chi connectivity index (χ1n) is 9.74. The fraction of sp³-hybridized carbons (Fsp3) is 0.409. The summed E-state index contributed by atoms with van der Waals surface area (Å²) in [6.07, 6.45) is 0.808. The zero-order valence-electron chi connectivity index (χ0n) is 17.1. The van der Waals surface area contributed by atoms with E-state index in [9.17, 15) is 0 Å². The standard InChI is InChI=1S/C22H29N3O3/c1-5-26-19-12-11-18(15-20(19)27-6-2)22-23-21(24-28-22)17-9-7-16(8-10-17)13-14-25(3)4/h7-12,15,21,24H,5-6,13-14H2,1-4H3. The number of hydrogen-bond donors (Lipinski definition) is 1. The van der Waals surface area contributed by atoms with Gasteiger partial charge in [-0.3, -0.25) is 0 Å². The molecule has 6 heteroatoms. The molecular weight excluding hydrogens is 354 g/mol. The van der Waals surface area contributed by atoms with Gasteiger partial charge in [0, 0.05) is 12.1 Å². The molecule has 0 amide bonds. The molecule has 150 valence electrons. The van der Waals surface area contributed by atoms with E-state index in [1.807, 2.05) is 32.0 Å². The highest BCUT2D eigenvalue weighted by atomic mass is 16.7. The number of aliphatic imine (C=N–C) groups is 1. The first kappa shape index (κ1) is 20.2. The highest BCUT2D eigenvalue weighted by Gasteiger charge is 2.22. The molecule has 0 saturated heterocycles. The molecule has 2 aromatic rings. The SMILES string of the molecule is CCOc1ccc(C2=NC(c3ccc(CCN(C)C)cc3)NO2)cc1OCC. The van der Waals surface area contributed by atoms with Crippen molar-refractivity contribution in [2.75, 3.05) is 33.9 Å². The molecule has 1 atom stereocenters. The fourth-order valence-corrected chi connectivity index (χ4v) is 2.96. The van der Waals surface area contributed by atoms with Crippen LogP contribution in [0.4, 0.5) is 0 Å². The molecule has 0 radical (unpaired) electrons.